The maximum absolute atomic E-state index is 14.4. The molecule has 1 aromatic heterocycles. The van der Waals surface area contributed by atoms with Gasteiger partial charge < -0.3 is 0 Å². The fraction of sp³-hybridized carbons (Fsp3) is 0.105. The first-order valence-corrected chi connectivity index (χ1v) is 8.31. The predicted molar refractivity (Wildman–Crippen MR) is 89.8 cm³/mol. The van der Waals surface area contributed by atoms with Crippen molar-refractivity contribution in [3.8, 4) is 0 Å². The molecular weight excluding hydrogens is 293 g/mol. The summed E-state index contributed by atoms with van der Waals surface area (Å²) in [6.07, 6.45) is 5.65. The Morgan fingerprint density at radius 2 is 1.64 bits per heavy atom. The smallest absolute Gasteiger partial charge is 0.127 e. The third-order valence-electron chi connectivity index (χ3n) is 3.69. The minimum atomic E-state index is -0.188. The zero-order chi connectivity index (χ0) is 15.4. The van der Waals surface area contributed by atoms with E-state index in [0.717, 1.165) is 16.0 Å². The van der Waals surface area contributed by atoms with Crippen LogP contribution in [0.1, 0.15) is 22.6 Å². The number of aromatic nitrogens is 1. The van der Waals surface area contributed by atoms with Gasteiger partial charge in [0.2, 0.25) is 0 Å². The average Bonchev–Trinajstić information content (AvgIpc) is 2.58. The van der Waals surface area contributed by atoms with Crippen LogP contribution in [-0.4, -0.2) is 11.2 Å². The zero-order valence-electron chi connectivity index (χ0n) is 12.2. The minimum absolute atomic E-state index is 0.154. The summed E-state index contributed by atoms with van der Waals surface area (Å²) < 4.78 is 14.4. The van der Waals surface area contributed by atoms with Gasteiger partial charge in [-0.2, -0.15) is 0 Å². The van der Waals surface area contributed by atoms with E-state index >= 15 is 0 Å². The molecule has 0 aliphatic rings. The summed E-state index contributed by atoms with van der Waals surface area (Å²) in [5.74, 6) is -0.342. The van der Waals surface area contributed by atoms with E-state index in [9.17, 15) is 4.39 Å². The molecule has 0 N–H and O–H groups in total. The molecule has 1 nitrogen and oxygen atoms in total. The van der Waals surface area contributed by atoms with Crippen molar-refractivity contribution >= 4 is 11.8 Å². The molecule has 2 aromatic carbocycles. The molecule has 0 unspecified atom stereocenters. The highest BCUT2D eigenvalue weighted by Gasteiger charge is 2.22. The van der Waals surface area contributed by atoms with Crippen molar-refractivity contribution in [2.45, 2.75) is 10.8 Å². The van der Waals surface area contributed by atoms with E-state index in [1.54, 1.807) is 24.0 Å². The van der Waals surface area contributed by atoms with Crippen LogP contribution in [0.5, 0.6) is 0 Å². The Morgan fingerprint density at radius 3 is 2.36 bits per heavy atom. The highest BCUT2D eigenvalue weighted by Crippen LogP contribution is 2.37. The number of pyridine rings is 1. The van der Waals surface area contributed by atoms with E-state index < -0.39 is 0 Å². The SMILES string of the molecule is CSc1ccncc1[C@@H](c1ccccc1)c1ccccc1F. The first-order valence-electron chi connectivity index (χ1n) is 7.08. The second-order valence-corrected chi connectivity index (χ2v) is 5.83. The third-order valence-corrected chi connectivity index (χ3v) is 4.50. The van der Waals surface area contributed by atoms with E-state index in [0.29, 0.717) is 5.56 Å². The molecule has 0 amide bonds. The topological polar surface area (TPSA) is 12.9 Å². The predicted octanol–water partition coefficient (Wildman–Crippen LogP) is 5.12. The van der Waals surface area contributed by atoms with Crippen molar-refractivity contribution in [1.82, 2.24) is 4.98 Å². The summed E-state index contributed by atoms with van der Waals surface area (Å²) >= 11 is 1.66. The molecule has 0 aliphatic carbocycles. The summed E-state index contributed by atoms with van der Waals surface area (Å²) in [4.78, 5) is 5.38. The Hall–Kier alpha value is -2.13. The molecule has 110 valence electrons. The maximum atomic E-state index is 14.4. The number of rotatable bonds is 4. The van der Waals surface area contributed by atoms with Gasteiger partial charge in [0.25, 0.3) is 0 Å². The van der Waals surface area contributed by atoms with Crippen molar-refractivity contribution in [2.75, 3.05) is 6.26 Å². The summed E-state index contributed by atoms with van der Waals surface area (Å²) in [5.41, 5.74) is 2.78. The fourth-order valence-electron chi connectivity index (χ4n) is 2.68. The Kier molecular flexibility index (Phi) is 4.54. The van der Waals surface area contributed by atoms with Crippen molar-refractivity contribution in [3.05, 3.63) is 95.6 Å². The lowest BCUT2D eigenvalue weighted by Gasteiger charge is -2.21. The van der Waals surface area contributed by atoms with Gasteiger partial charge in [0.1, 0.15) is 5.82 Å². The number of benzene rings is 2. The molecule has 0 aliphatic heterocycles. The molecule has 22 heavy (non-hydrogen) atoms. The van der Waals surface area contributed by atoms with Crippen LogP contribution >= 0.6 is 11.8 Å². The van der Waals surface area contributed by atoms with Gasteiger partial charge in [-0.25, -0.2) is 4.39 Å². The summed E-state index contributed by atoms with van der Waals surface area (Å²) in [6.45, 7) is 0. The number of nitrogens with zero attached hydrogens (tertiary/aromatic N) is 1. The van der Waals surface area contributed by atoms with Gasteiger partial charge >= 0.3 is 0 Å². The number of thioether (sulfide) groups is 1. The first kappa shape index (κ1) is 14.8. The van der Waals surface area contributed by atoms with Gasteiger partial charge in [-0.3, -0.25) is 4.98 Å². The monoisotopic (exact) mass is 309 g/mol. The molecule has 0 saturated heterocycles. The van der Waals surface area contributed by atoms with Crippen molar-refractivity contribution < 1.29 is 4.39 Å². The number of hydrogen-bond acceptors (Lipinski definition) is 2. The standard InChI is InChI=1S/C19H16FNS/c1-22-18-11-12-21-13-16(18)19(14-7-3-2-4-8-14)15-9-5-6-10-17(15)20/h2-13,19H,1H3/t19-/m0/s1. The molecule has 1 heterocycles. The number of hydrogen-bond donors (Lipinski definition) is 0. The van der Waals surface area contributed by atoms with Gasteiger partial charge in [0, 0.05) is 23.2 Å². The molecular formula is C19H16FNS. The van der Waals surface area contributed by atoms with Crippen LogP contribution in [0, 0.1) is 5.82 Å². The average molecular weight is 309 g/mol. The molecule has 0 radical (unpaired) electrons. The highest BCUT2D eigenvalue weighted by atomic mass is 32.2. The lowest BCUT2D eigenvalue weighted by atomic mass is 9.85. The highest BCUT2D eigenvalue weighted by molar-refractivity contribution is 7.98. The maximum Gasteiger partial charge on any atom is 0.127 e. The van der Waals surface area contributed by atoms with E-state index in [4.69, 9.17) is 0 Å². The van der Waals surface area contributed by atoms with Crippen LogP contribution in [0.3, 0.4) is 0 Å². The van der Waals surface area contributed by atoms with Crippen LogP contribution in [0.2, 0.25) is 0 Å². The van der Waals surface area contributed by atoms with Crippen LogP contribution in [-0.2, 0) is 0 Å². The molecule has 3 rings (SSSR count). The summed E-state index contributed by atoms with van der Waals surface area (Å²) in [5, 5.41) is 0. The summed E-state index contributed by atoms with van der Waals surface area (Å²) in [6, 6.07) is 19.0. The Bertz CT molecular complexity index is 758. The van der Waals surface area contributed by atoms with Gasteiger partial charge in [0.15, 0.2) is 0 Å². The third kappa shape index (κ3) is 2.90. The largest absolute Gasteiger partial charge is 0.264 e. The number of halogens is 1. The van der Waals surface area contributed by atoms with Crippen LogP contribution in [0.4, 0.5) is 4.39 Å². The molecule has 1 atom stereocenters. The van der Waals surface area contributed by atoms with E-state index in [-0.39, 0.29) is 11.7 Å². The normalized spacial score (nSPS) is 12.1. The Morgan fingerprint density at radius 1 is 0.909 bits per heavy atom. The second-order valence-electron chi connectivity index (χ2n) is 4.98. The van der Waals surface area contributed by atoms with Crippen LogP contribution in [0.15, 0.2) is 78.0 Å². The second kappa shape index (κ2) is 6.75. The fourth-order valence-corrected chi connectivity index (χ4v) is 3.28. The van der Waals surface area contributed by atoms with E-state index in [1.807, 2.05) is 61.0 Å². The molecule has 0 fully saturated rings. The van der Waals surface area contributed by atoms with E-state index in [1.165, 1.54) is 6.07 Å². The van der Waals surface area contributed by atoms with E-state index in [2.05, 4.69) is 4.98 Å². The quantitative estimate of drug-likeness (QED) is 0.620. The Labute approximate surface area is 134 Å². The van der Waals surface area contributed by atoms with Crippen molar-refractivity contribution in [3.63, 3.8) is 0 Å². The molecule has 3 aromatic rings. The molecule has 0 spiro atoms. The summed E-state index contributed by atoms with van der Waals surface area (Å²) in [7, 11) is 0. The molecule has 0 saturated carbocycles. The molecule has 0 bridgehead atoms. The van der Waals surface area contributed by atoms with Crippen LogP contribution < -0.4 is 0 Å². The van der Waals surface area contributed by atoms with Gasteiger partial charge in [0.05, 0.1) is 0 Å². The Balaban J connectivity index is 2.22. The van der Waals surface area contributed by atoms with Gasteiger partial charge in [-0.1, -0.05) is 48.5 Å². The lowest BCUT2D eigenvalue weighted by molar-refractivity contribution is 0.605. The minimum Gasteiger partial charge on any atom is -0.264 e. The zero-order valence-corrected chi connectivity index (χ0v) is 13.1. The van der Waals surface area contributed by atoms with Crippen molar-refractivity contribution in [2.24, 2.45) is 0 Å². The van der Waals surface area contributed by atoms with Gasteiger partial charge in [-0.15, -0.1) is 11.8 Å². The lowest BCUT2D eigenvalue weighted by Crippen LogP contribution is -2.07. The van der Waals surface area contributed by atoms with Gasteiger partial charge in [-0.05, 0) is 35.1 Å². The van der Waals surface area contributed by atoms with Crippen LogP contribution in [0.25, 0.3) is 0 Å². The first-order chi connectivity index (χ1) is 10.8. The molecule has 3 heteroatoms. The van der Waals surface area contributed by atoms with Crippen molar-refractivity contribution in [1.29, 1.82) is 0 Å².